The topological polar surface area (TPSA) is 69.6 Å². The molecule has 2 rings (SSSR count). The first kappa shape index (κ1) is 15.1. The Morgan fingerprint density at radius 2 is 2.15 bits per heavy atom. The summed E-state index contributed by atoms with van der Waals surface area (Å²) in [4.78, 5) is 25.9. The average Bonchev–Trinajstić information content (AvgIpc) is 2.84. The highest BCUT2D eigenvalue weighted by atomic mass is 127. The maximum atomic E-state index is 12.4. The van der Waals surface area contributed by atoms with Crippen LogP contribution in [0.2, 0.25) is 0 Å². The van der Waals surface area contributed by atoms with Crippen LogP contribution >= 0.6 is 22.6 Å². The Bertz CT molecular complexity index is 561. The van der Waals surface area contributed by atoms with Gasteiger partial charge in [0, 0.05) is 25.7 Å². The van der Waals surface area contributed by atoms with E-state index in [2.05, 4.69) is 5.32 Å². The summed E-state index contributed by atoms with van der Waals surface area (Å²) in [6.45, 7) is 2.82. The number of hydrogen-bond acceptors (Lipinski definition) is 3. The first-order valence-electron chi connectivity index (χ1n) is 6.37. The quantitative estimate of drug-likeness (QED) is 0.757. The molecule has 108 valence electrons. The van der Waals surface area contributed by atoms with E-state index in [9.17, 15) is 14.7 Å². The zero-order chi connectivity index (χ0) is 14.9. The molecule has 0 bridgehead atoms. The molecule has 1 aliphatic rings. The van der Waals surface area contributed by atoms with Gasteiger partial charge < -0.3 is 15.3 Å². The second-order valence-corrected chi connectivity index (χ2v) is 6.44. The highest BCUT2D eigenvalue weighted by Crippen LogP contribution is 2.31. The number of nitrogens with one attached hydrogen (secondary N) is 1. The van der Waals surface area contributed by atoms with Gasteiger partial charge in [-0.2, -0.15) is 0 Å². The summed E-state index contributed by atoms with van der Waals surface area (Å²) in [5, 5.41) is 12.3. The largest absolute Gasteiger partial charge is 0.507 e. The number of benzene rings is 1. The van der Waals surface area contributed by atoms with E-state index >= 15 is 0 Å². The normalized spacial score (nSPS) is 21.9. The van der Waals surface area contributed by atoms with E-state index in [1.165, 1.54) is 6.07 Å². The molecule has 1 atom stereocenters. The van der Waals surface area contributed by atoms with Gasteiger partial charge in [-0.25, -0.2) is 0 Å². The smallest absolute Gasteiger partial charge is 0.254 e. The summed E-state index contributed by atoms with van der Waals surface area (Å²) in [7, 11) is 1.61. The Balaban J connectivity index is 2.15. The van der Waals surface area contributed by atoms with Gasteiger partial charge in [-0.3, -0.25) is 9.59 Å². The predicted molar refractivity (Wildman–Crippen MR) is 83.5 cm³/mol. The fraction of sp³-hybridized carbons (Fsp3) is 0.429. The van der Waals surface area contributed by atoms with Gasteiger partial charge in [0.15, 0.2) is 0 Å². The second kappa shape index (κ2) is 5.59. The van der Waals surface area contributed by atoms with Gasteiger partial charge in [0.2, 0.25) is 5.91 Å². The van der Waals surface area contributed by atoms with E-state index in [4.69, 9.17) is 0 Å². The van der Waals surface area contributed by atoms with Crippen molar-refractivity contribution in [3.8, 4) is 5.75 Å². The highest BCUT2D eigenvalue weighted by Gasteiger charge is 2.41. The number of rotatable bonds is 2. The van der Waals surface area contributed by atoms with Gasteiger partial charge in [0.25, 0.3) is 5.91 Å². The summed E-state index contributed by atoms with van der Waals surface area (Å²) in [5.41, 5.74) is -0.0839. The first-order chi connectivity index (χ1) is 9.37. The Kier molecular flexibility index (Phi) is 4.22. The number of phenolic OH excluding ortho intramolecular Hbond substituents is 1. The highest BCUT2D eigenvalue weighted by molar-refractivity contribution is 14.1. The molecule has 0 aliphatic carbocycles. The third-order valence-corrected chi connectivity index (χ3v) is 4.64. The Hall–Kier alpha value is -1.31. The predicted octanol–water partition coefficient (Wildman–Crippen LogP) is 1.59. The van der Waals surface area contributed by atoms with Crippen molar-refractivity contribution < 1.29 is 14.7 Å². The van der Waals surface area contributed by atoms with Gasteiger partial charge in [-0.05, 0) is 54.1 Å². The number of nitrogens with zero attached hydrogens (tertiary/aromatic N) is 1. The molecular weight excluding hydrogens is 371 g/mol. The Labute approximate surface area is 131 Å². The standard InChI is InChI=1S/C14H17IN2O3/c1-14(13(20)16-2)5-6-17(8-14)12(19)9-3-4-10(15)11(18)7-9/h3-4,7,18H,5-6,8H2,1-2H3,(H,16,20). The number of phenols is 1. The van der Waals surface area contributed by atoms with Crippen molar-refractivity contribution in [3.05, 3.63) is 27.3 Å². The van der Waals surface area contributed by atoms with Crippen molar-refractivity contribution in [1.82, 2.24) is 10.2 Å². The molecular formula is C14H17IN2O3. The Morgan fingerprint density at radius 1 is 1.45 bits per heavy atom. The summed E-state index contributed by atoms with van der Waals surface area (Å²) in [6, 6.07) is 4.87. The maximum Gasteiger partial charge on any atom is 0.254 e. The van der Waals surface area contributed by atoms with E-state index in [-0.39, 0.29) is 17.6 Å². The van der Waals surface area contributed by atoms with E-state index < -0.39 is 5.41 Å². The molecule has 1 unspecified atom stereocenters. The van der Waals surface area contributed by atoms with Crippen LogP contribution in [0.25, 0.3) is 0 Å². The van der Waals surface area contributed by atoms with Crippen molar-refractivity contribution in [1.29, 1.82) is 0 Å². The number of aromatic hydroxyl groups is 1. The van der Waals surface area contributed by atoms with E-state index in [0.717, 1.165) is 0 Å². The van der Waals surface area contributed by atoms with Gasteiger partial charge in [0.1, 0.15) is 5.75 Å². The average molecular weight is 388 g/mol. The molecule has 0 aromatic heterocycles. The third kappa shape index (κ3) is 2.74. The minimum absolute atomic E-state index is 0.0433. The molecule has 2 N–H and O–H groups in total. The number of halogens is 1. The fourth-order valence-corrected chi connectivity index (χ4v) is 2.79. The number of carbonyl (C=O) groups excluding carboxylic acids is 2. The zero-order valence-electron chi connectivity index (χ0n) is 11.4. The number of hydrogen-bond donors (Lipinski definition) is 2. The van der Waals surface area contributed by atoms with Crippen LogP contribution in [0.1, 0.15) is 23.7 Å². The summed E-state index contributed by atoms with van der Waals surface area (Å²) >= 11 is 2.00. The molecule has 20 heavy (non-hydrogen) atoms. The van der Waals surface area contributed by atoms with E-state index in [1.807, 2.05) is 29.5 Å². The second-order valence-electron chi connectivity index (χ2n) is 5.28. The van der Waals surface area contributed by atoms with Gasteiger partial charge in [-0.15, -0.1) is 0 Å². The molecule has 1 fully saturated rings. The van der Waals surface area contributed by atoms with Crippen molar-refractivity contribution in [2.24, 2.45) is 5.41 Å². The lowest BCUT2D eigenvalue weighted by atomic mass is 9.89. The molecule has 0 radical (unpaired) electrons. The lowest BCUT2D eigenvalue weighted by Gasteiger charge is -2.22. The van der Waals surface area contributed by atoms with Crippen molar-refractivity contribution in [2.45, 2.75) is 13.3 Å². The lowest BCUT2D eigenvalue weighted by Crippen LogP contribution is -2.40. The van der Waals surface area contributed by atoms with Crippen molar-refractivity contribution >= 4 is 34.4 Å². The van der Waals surface area contributed by atoms with Gasteiger partial charge in [0.05, 0.1) is 8.99 Å². The fourth-order valence-electron chi connectivity index (χ4n) is 2.45. The van der Waals surface area contributed by atoms with Crippen LogP contribution in [-0.2, 0) is 4.79 Å². The van der Waals surface area contributed by atoms with Crippen LogP contribution in [0.5, 0.6) is 5.75 Å². The van der Waals surface area contributed by atoms with Crippen LogP contribution in [0, 0.1) is 8.99 Å². The van der Waals surface area contributed by atoms with Gasteiger partial charge >= 0.3 is 0 Å². The van der Waals surface area contributed by atoms with Crippen molar-refractivity contribution in [2.75, 3.05) is 20.1 Å². The number of carbonyl (C=O) groups is 2. The number of likely N-dealkylation sites (tertiary alicyclic amines) is 1. The monoisotopic (exact) mass is 388 g/mol. The van der Waals surface area contributed by atoms with Crippen LogP contribution < -0.4 is 5.32 Å². The van der Waals surface area contributed by atoms with Gasteiger partial charge in [-0.1, -0.05) is 0 Å². The van der Waals surface area contributed by atoms with Crippen LogP contribution in [0.3, 0.4) is 0 Å². The molecule has 1 heterocycles. The molecule has 6 heteroatoms. The van der Waals surface area contributed by atoms with Crippen molar-refractivity contribution in [3.63, 3.8) is 0 Å². The molecule has 1 saturated heterocycles. The summed E-state index contributed by atoms with van der Waals surface area (Å²) < 4.78 is 0.704. The Morgan fingerprint density at radius 3 is 2.75 bits per heavy atom. The lowest BCUT2D eigenvalue weighted by molar-refractivity contribution is -0.128. The van der Waals surface area contributed by atoms with E-state index in [1.54, 1.807) is 24.1 Å². The molecule has 1 aliphatic heterocycles. The summed E-state index contributed by atoms with van der Waals surface area (Å²) in [5.74, 6) is -0.0905. The summed E-state index contributed by atoms with van der Waals surface area (Å²) in [6.07, 6.45) is 0.648. The molecule has 1 aromatic rings. The molecule has 0 spiro atoms. The first-order valence-corrected chi connectivity index (χ1v) is 7.45. The molecule has 0 saturated carbocycles. The van der Waals surface area contributed by atoms with Crippen LogP contribution in [0.15, 0.2) is 18.2 Å². The minimum Gasteiger partial charge on any atom is -0.507 e. The maximum absolute atomic E-state index is 12.4. The molecule has 1 aromatic carbocycles. The SMILES string of the molecule is CNC(=O)C1(C)CCN(C(=O)c2ccc(I)c(O)c2)C1. The zero-order valence-corrected chi connectivity index (χ0v) is 13.6. The van der Waals surface area contributed by atoms with E-state index in [0.29, 0.717) is 28.6 Å². The number of amides is 2. The van der Waals surface area contributed by atoms with Crippen LogP contribution in [0.4, 0.5) is 0 Å². The van der Waals surface area contributed by atoms with Crippen LogP contribution in [-0.4, -0.2) is 42.0 Å². The molecule has 5 nitrogen and oxygen atoms in total. The molecule has 2 amide bonds. The minimum atomic E-state index is -0.532. The third-order valence-electron chi connectivity index (χ3n) is 3.73.